The summed E-state index contributed by atoms with van der Waals surface area (Å²) in [7, 11) is 0. The van der Waals surface area contributed by atoms with E-state index in [2.05, 4.69) is 4.74 Å². The fraction of sp³-hybridized carbons (Fsp3) is 0.286. The van der Waals surface area contributed by atoms with Crippen molar-refractivity contribution in [1.29, 1.82) is 0 Å². The van der Waals surface area contributed by atoms with Gasteiger partial charge in [0.2, 0.25) is 0 Å². The van der Waals surface area contributed by atoms with Gasteiger partial charge < -0.3 is 9.84 Å². The molecule has 0 unspecified atom stereocenters. The molecule has 1 aromatic carbocycles. The monoisotopic (exact) mass is 248 g/mol. The Labute approximate surface area is 106 Å². The third kappa shape index (κ3) is 4.93. The number of hydrogen-bond acceptors (Lipinski definition) is 4. The van der Waals surface area contributed by atoms with Gasteiger partial charge in [0.1, 0.15) is 0 Å². The second kappa shape index (κ2) is 7.40. The van der Waals surface area contributed by atoms with Crippen molar-refractivity contribution in [2.24, 2.45) is 0 Å². The number of allylic oxidation sites excluding steroid dienone is 1. The van der Waals surface area contributed by atoms with Crippen LogP contribution >= 0.6 is 0 Å². The Morgan fingerprint density at radius 1 is 1.33 bits per heavy atom. The lowest BCUT2D eigenvalue weighted by molar-refractivity contribution is -0.154. The van der Waals surface area contributed by atoms with E-state index in [9.17, 15) is 14.7 Å². The first-order valence-corrected chi connectivity index (χ1v) is 5.74. The smallest absolute Gasteiger partial charge is 0.335 e. The average Bonchev–Trinajstić information content (AvgIpc) is 2.38. The topological polar surface area (TPSA) is 63.6 Å². The molecule has 0 saturated carbocycles. The third-order valence-electron chi connectivity index (χ3n) is 2.21. The van der Waals surface area contributed by atoms with Crippen LogP contribution in [-0.2, 0) is 14.3 Å². The van der Waals surface area contributed by atoms with Crippen LogP contribution in [0, 0.1) is 0 Å². The molecule has 96 valence electrons. The SMILES string of the molecule is CCOC(=O)[C@@H](O)CC(=O)/C=C/c1ccccc1. The number of carbonyl (C=O) groups excluding carboxylic acids is 2. The van der Waals surface area contributed by atoms with Crippen molar-refractivity contribution >= 4 is 17.8 Å². The van der Waals surface area contributed by atoms with Gasteiger partial charge in [-0.3, -0.25) is 4.79 Å². The standard InChI is InChI=1S/C14H16O4/c1-2-18-14(17)13(16)10-12(15)9-8-11-6-4-3-5-7-11/h3-9,13,16H,2,10H2,1H3/b9-8+/t13-/m0/s1. The molecule has 0 aliphatic carbocycles. The lowest BCUT2D eigenvalue weighted by Gasteiger charge is -2.06. The first-order chi connectivity index (χ1) is 8.63. The van der Waals surface area contributed by atoms with Crippen molar-refractivity contribution in [1.82, 2.24) is 0 Å². The molecule has 1 aromatic rings. The number of ketones is 1. The van der Waals surface area contributed by atoms with Crippen LogP contribution < -0.4 is 0 Å². The molecule has 0 radical (unpaired) electrons. The van der Waals surface area contributed by atoms with Gasteiger partial charge in [0.15, 0.2) is 11.9 Å². The zero-order valence-electron chi connectivity index (χ0n) is 10.2. The van der Waals surface area contributed by atoms with E-state index in [0.29, 0.717) is 0 Å². The quantitative estimate of drug-likeness (QED) is 0.613. The summed E-state index contributed by atoms with van der Waals surface area (Å²) in [5, 5.41) is 9.39. The van der Waals surface area contributed by atoms with Gasteiger partial charge in [0.05, 0.1) is 6.61 Å². The molecule has 0 heterocycles. The first-order valence-electron chi connectivity index (χ1n) is 5.74. The maximum atomic E-state index is 11.5. The van der Waals surface area contributed by atoms with E-state index in [1.54, 1.807) is 13.0 Å². The molecular weight excluding hydrogens is 232 g/mol. The molecule has 0 aliphatic heterocycles. The Bertz CT molecular complexity index is 423. The van der Waals surface area contributed by atoms with Crippen LogP contribution in [0.1, 0.15) is 18.9 Å². The number of hydrogen-bond donors (Lipinski definition) is 1. The normalized spacial score (nSPS) is 12.3. The molecule has 0 amide bonds. The molecule has 4 heteroatoms. The summed E-state index contributed by atoms with van der Waals surface area (Å²) in [5.74, 6) is -1.08. The van der Waals surface area contributed by atoms with Crippen molar-refractivity contribution in [3.05, 3.63) is 42.0 Å². The number of aliphatic hydroxyl groups excluding tert-OH is 1. The zero-order valence-corrected chi connectivity index (χ0v) is 10.2. The van der Waals surface area contributed by atoms with Gasteiger partial charge in [0, 0.05) is 6.42 Å². The summed E-state index contributed by atoms with van der Waals surface area (Å²) in [5.41, 5.74) is 0.886. The van der Waals surface area contributed by atoms with Crippen molar-refractivity contribution in [2.45, 2.75) is 19.4 Å². The molecule has 0 spiro atoms. The van der Waals surface area contributed by atoms with Crippen LogP contribution in [-0.4, -0.2) is 29.6 Å². The Morgan fingerprint density at radius 3 is 2.61 bits per heavy atom. The molecule has 1 N–H and O–H groups in total. The van der Waals surface area contributed by atoms with Crippen molar-refractivity contribution in [2.75, 3.05) is 6.61 Å². The highest BCUT2D eigenvalue weighted by Crippen LogP contribution is 2.03. The van der Waals surface area contributed by atoms with Gasteiger partial charge >= 0.3 is 5.97 Å². The Kier molecular flexibility index (Phi) is 5.80. The summed E-state index contributed by atoms with van der Waals surface area (Å²) in [6.07, 6.45) is 1.33. The number of esters is 1. The van der Waals surface area contributed by atoms with Crippen LogP contribution in [0.2, 0.25) is 0 Å². The van der Waals surface area contributed by atoms with Crippen LogP contribution in [0.3, 0.4) is 0 Å². The van der Waals surface area contributed by atoms with E-state index in [1.165, 1.54) is 6.08 Å². The van der Waals surface area contributed by atoms with Gasteiger partial charge in [-0.05, 0) is 18.6 Å². The molecule has 0 aliphatic rings. The molecule has 0 bridgehead atoms. The highest BCUT2D eigenvalue weighted by atomic mass is 16.5. The van der Waals surface area contributed by atoms with Gasteiger partial charge in [0.25, 0.3) is 0 Å². The zero-order chi connectivity index (χ0) is 13.4. The van der Waals surface area contributed by atoms with Crippen LogP contribution in [0.25, 0.3) is 6.08 Å². The second-order valence-corrected chi connectivity index (χ2v) is 3.68. The number of carbonyl (C=O) groups is 2. The molecule has 18 heavy (non-hydrogen) atoms. The summed E-state index contributed by atoms with van der Waals surface area (Å²) in [6.45, 7) is 1.83. The largest absolute Gasteiger partial charge is 0.464 e. The van der Waals surface area contributed by atoms with Crippen LogP contribution in [0.15, 0.2) is 36.4 Å². The summed E-state index contributed by atoms with van der Waals surface area (Å²) in [6, 6.07) is 9.30. The Hall–Kier alpha value is -1.94. The minimum Gasteiger partial charge on any atom is -0.464 e. The van der Waals surface area contributed by atoms with Crippen molar-refractivity contribution in [3.8, 4) is 0 Å². The Balaban J connectivity index is 2.47. The Morgan fingerprint density at radius 2 is 2.00 bits per heavy atom. The van der Waals surface area contributed by atoms with Gasteiger partial charge in [-0.25, -0.2) is 4.79 Å². The lowest BCUT2D eigenvalue weighted by Crippen LogP contribution is -2.25. The maximum absolute atomic E-state index is 11.5. The predicted molar refractivity (Wildman–Crippen MR) is 67.7 cm³/mol. The van der Waals surface area contributed by atoms with Crippen molar-refractivity contribution in [3.63, 3.8) is 0 Å². The number of rotatable bonds is 6. The fourth-order valence-corrected chi connectivity index (χ4v) is 1.33. The molecule has 1 rings (SSSR count). The highest BCUT2D eigenvalue weighted by molar-refractivity contribution is 5.96. The minimum atomic E-state index is -1.39. The summed E-state index contributed by atoms with van der Waals surface area (Å²) in [4.78, 5) is 22.6. The molecule has 4 nitrogen and oxygen atoms in total. The van der Waals surface area contributed by atoms with E-state index >= 15 is 0 Å². The van der Waals surface area contributed by atoms with Crippen LogP contribution in [0.5, 0.6) is 0 Å². The number of aliphatic hydroxyl groups is 1. The third-order valence-corrected chi connectivity index (χ3v) is 2.21. The first kappa shape index (κ1) is 14.1. The predicted octanol–water partition coefficient (Wildman–Crippen LogP) is 1.58. The van der Waals surface area contributed by atoms with Crippen LogP contribution in [0.4, 0.5) is 0 Å². The van der Waals surface area contributed by atoms with E-state index in [4.69, 9.17) is 0 Å². The lowest BCUT2D eigenvalue weighted by atomic mass is 10.1. The highest BCUT2D eigenvalue weighted by Gasteiger charge is 2.18. The summed E-state index contributed by atoms with van der Waals surface area (Å²) >= 11 is 0. The maximum Gasteiger partial charge on any atom is 0.335 e. The average molecular weight is 248 g/mol. The van der Waals surface area contributed by atoms with Gasteiger partial charge in [-0.2, -0.15) is 0 Å². The number of benzene rings is 1. The van der Waals surface area contributed by atoms with E-state index in [1.807, 2.05) is 30.3 Å². The molecule has 0 saturated heterocycles. The van der Waals surface area contributed by atoms with Gasteiger partial charge in [-0.15, -0.1) is 0 Å². The minimum absolute atomic E-state index is 0.184. The second-order valence-electron chi connectivity index (χ2n) is 3.68. The fourth-order valence-electron chi connectivity index (χ4n) is 1.33. The van der Waals surface area contributed by atoms with Gasteiger partial charge in [-0.1, -0.05) is 36.4 Å². The van der Waals surface area contributed by atoms with E-state index in [0.717, 1.165) is 5.56 Å². The molecule has 0 fully saturated rings. The summed E-state index contributed by atoms with van der Waals surface area (Å²) < 4.78 is 4.60. The molecule has 1 atom stereocenters. The van der Waals surface area contributed by atoms with E-state index in [-0.39, 0.29) is 18.8 Å². The number of ether oxygens (including phenoxy) is 1. The molecular formula is C14H16O4. The van der Waals surface area contributed by atoms with E-state index < -0.39 is 12.1 Å². The molecule has 0 aromatic heterocycles. The van der Waals surface area contributed by atoms with Crippen molar-refractivity contribution < 1.29 is 19.4 Å².